The summed E-state index contributed by atoms with van der Waals surface area (Å²) >= 11 is 0. The maximum Gasteiger partial charge on any atom is 0.414 e. The van der Waals surface area contributed by atoms with Crippen molar-refractivity contribution in [2.45, 2.75) is 0 Å². The molecule has 26 heavy (non-hydrogen) atoms. The zero-order valence-corrected chi connectivity index (χ0v) is 14.8. The van der Waals surface area contributed by atoms with Crippen molar-refractivity contribution < 1.29 is 38.1 Å². The summed E-state index contributed by atoms with van der Waals surface area (Å²) in [5, 5.41) is 0. The quantitative estimate of drug-likeness (QED) is 0.326. The lowest BCUT2D eigenvalue weighted by Gasteiger charge is -2.31. The van der Waals surface area contributed by atoms with E-state index in [1.807, 2.05) is 0 Å². The van der Waals surface area contributed by atoms with Crippen molar-refractivity contribution in [3.05, 3.63) is 24.3 Å². The number of benzene rings is 1. The first-order valence-corrected chi connectivity index (χ1v) is 7.25. The lowest BCUT2D eigenvalue weighted by atomic mass is 9.87. The van der Waals surface area contributed by atoms with Crippen LogP contribution in [-0.2, 0) is 33.3 Å². The van der Waals surface area contributed by atoms with Gasteiger partial charge in [0, 0.05) is 0 Å². The van der Waals surface area contributed by atoms with Gasteiger partial charge in [0.2, 0.25) is 0 Å². The zero-order chi connectivity index (χ0) is 19.9. The Morgan fingerprint density at radius 3 is 1.73 bits per heavy atom. The minimum Gasteiger partial charge on any atom is -0.468 e. The van der Waals surface area contributed by atoms with Crippen LogP contribution in [0.3, 0.4) is 0 Å². The minimum atomic E-state index is -2.59. The Hall–Kier alpha value is -3.30. The van der Waals surface area contributed by atoms with Gasteiger partial charge in [-0.05, 0) is 12.1 Å². The van der Waals surface area contributed by atoms with Gasteiger partial charge in [0.1, 0.15) is 0 Å². The molecule has 0 bridgehead atoms. The smallest absolute Gasteiger partial charge is 0.414 e. The Bertz CT molecular complexity index is 662. The lowest BCUT2D eigenvalue weighted by Crippen LogP contribution is -2.56. The third-order valence-electron chi connectivity index (χ3n) is 3.62. The number of carbonyl (C=O) groups excluding carboxylic acids is 4. The van der Waals surface area contributed by atoms with Crippen LogP contribution in [0.1, 0.15) is 0 Å². The topological polar surface area (TPSA) is 134 Å². The fraction of sp³-hybridized carbons (Fsp3) is 0.375. The number of nitrogens with two attached hydrogens (primary N) is 1. The third kappa shape index (κ3) is 3.68. The fourth-order valence-electron chi connectivity index (χ4n) is 2.30. The van der Waals surface area contributed by atoms with Gasteiger partial charge < -0.3 is 24.7 Å². The molecule has 1 aromatic rings. The maximum atomic E-state index is 12.4. The number of hydrogen-bond donors (Lipinski definition) is 1. The van der Waals surface area contributed by atoms with Crippen molar-refractivity contribution >= 4 is 35.4 Å². The number of nitrogen functional groups attached to an aromatic ring is 1. The second-order valence-electron chi connectivity index (χ2n) is 5.00. The number of hydrogen-bond acceptors (Lipinski definition) is 9. The van der Waals surface area contributed by atoms with E-state index in [-0.39, 0.29) is 11.4 Å². The number of carbonyl (C=O) groups is 4. The van der Waals surface area contributed by atoms with Gasteiger partial charge in [-0.3, -0.25) is 19.3 Å². The molecular formula is C16H20N2O8. The zero-order valence-electron chi connectivity index (χ0n) is 14.8. The van der Waals surface area contributed by atoms with Crippen molar-refractivity contribution in [3.63, 3.8) is 0 Å². The number of nitrogens with zero attached hydrogens (tertiary/aromatic N) is 1. The van der Waals surface area contributed by atoms with Gasteiger partial charge in [-0.1, -0.05) is 12.1 Å². The van der Waals surface area contributed by atoms with E-state index in [4.69, 9.17) is 5.73 Å². The summed E-state index contributed by atoms with van der Waals surface area (Å²) in [6, 6.07) is 6.12. The molecule has 0 aliphatic heterocycles. The second kappa shape index (κ2) is 8.70. The van der Waals surface area contributed by atoms with Crippen LogP contribution in [0.15, 0.2) is 24.3 Å². The number of amides is 1. The normalized spacial score (nSPS) is 10.5. The van der Waals surface area contributed by atoms with Crippen LogP contribution < -0.4 is 10.6 Å². The molecule has 1 aromatic carbocycles. The van der Waals surface area contributed by atoms with Crippen LogP contribution in [0.2, 0.25) is 0 Å². The molecule has 10 heteroatoms. The van der Waals surface area contributed by atoms with Crippen LogP contribution in [0.25, 0.3) is 0 Å². The van der Waals surface area contributed by atoms with E-state index < -0.39 is 36.0 Å². The van der Waals surface area contributed by atoms with E-state index in [1.165, 1.54) is 12.1 Å². The van der Waals surface area contributed by atoms with Crippen molar-refractivity contribution in [1.29, 1.82) is 0 Å². The lowest BCUT2D eigenvalue weighted by molar-refractivity contribution is -0.179. The molecule has 0 heterocycles. The van der Waals surface area contributed by atoms with Crippen molar-refractivity contribution in [3.8, 4) is 0 Å². The van der Waals surface area contributed by atoms with Crippen molar-refractivity contribution in [2.75, 3.05) is 45.6 Å². The summed E-state index contributed by atoms with van der Waals surface area (Å²) in [6.45, 7) is -0.806. The molecular weight excluding hydrogens is 348 g/mol. The minimum absolute atomic E-state index is 0.112. The molecule has 0 aliphatic rings. The molecule has 0 saturated heterocycles. The molecule has 1 rings (SSSR count). The van der Waals surface area contributed by atoms with Crippen molar-refractivity contribution in [1.82, 2.24) is 0 Å². The Morgan fingerprint density at radius 2 is 1.35 bits per heavy atom. The number of anilines is 2. The summed E-state index contributed by atoms with van der Waals surface area (Å²) in [7, 11) is 4.01. The van der Waals surface area contributed by atoms with Gasteiger partial charge in [0.25, 0.3) is 5.41 Å². The van der Waals surface area contributed by atoms with Gasteiger partial charge in [-0.2, -0.15) is 0 Å². The van der Waals surface area contributed by atoms with Crippen LogP contribution in [0, 0.1) is 5.41 Å². The highest BCUT2D eigenvalue weighted by Gasteiger charge is 2.59. The molecule has 0 saturated carbocycles. The summed E-state index contributed by atoms with van der Waals surface area (Å²) < 4.78 is 18.5. The Labute approximate surface area is 149 Å². The molecule has 10 nitrogen and oxygen atoms in total. The summed E-state index contributed by atoms with van der Waals surface area (Å²) in [5.74, 6) is -3.79. The summed E-state index contributed by atoms with van der Waals surface area (Å²) in [6.07, 6.45) is -0.969. The van der Waals surface area contributed by atoms with Gasteiger partial charge in [0.15, 0.2) is 0 Å². The molecule has 0 fully saturated rings. The Morgan fingerprint density at radius 1 is 0.885 bits per heavy atom. The van der Waals surface area contributed by atoms with Crippen molar-refractivity contribution in [2.24, 2.45) is 5.41 Å². The summed E-state index contributed by atoms with van der Waals surface area (Å²) in [5.41, 5.74) is 3.53. The summed E-state index contributed by atoms with van der Waals surface area (Å²) in [4.78, 5) is 50.2. The van der Waals surface area contributed by atoms with Crippen LogP contribution >= 0.6 is 0 Å². The molecule has 142 valence electrons. The number of methoxy groups -OCH3 is 4. The molecule has 0 aliphatic carbocycles. The van der Waals surface area contributed by atoms with Gasteiger partial charge in [-0.25, -0.2) is 4.79 Å². The highest BCUT2D eigenvalue weighted by Crippen LogP contribution is 2.31. The number of ether oxygens (including phenoxy) is 4. The number of para-hydroxylation sites is 2. The molecule has 0 radical (unpaired) electrons. The Kier molecular flexibility index (Phi) is 6.94. The predicted molar refractivity (Wildman–Crippen MR) is 89.1 cm³/mol. The molecule has 1 amide bonds. The van der Waals surface area contributed by atoms with Gasteiger partial charge >= 0.3 is 24.0 Å². The average molecular weight is 368 g/mol. The van der Waals surface area contributed by atoms with E-state index >= 15 is 0 Å². The van der Waals surface area contributed by atoms with E-state index in [9.17, 15) is 19.2 Å². The number of esters is 3. The van der Waals surface area contributed by atoms with Crippen LogP contribution in [0.5, 0.6) is 0 Å². The first-order chi connectivity index (χ1) is 12.3. The molecule has 2 N–H and O–H groups in total. The second-order valence-corrected chi connectivity index (χ2v) is 5.00. The van der Waals surface area contributed by atoms with E-state index in [1.54, 1.807) is 12.1 Å². The highest BCUT2D eigenvalue weighted by molar-refractivity contribution is 6.19. The monoisotopic (exact) mass is 368 g/mol. The molecule has 0 atom stereocenters. The van der Waals surface area contributed by atoms with E-state index in [0.29, 0.717) is 0 Å². The molecule has 0 unspecified atom stereocenters. The van der Waals surface area contributed by atoms with Gasteiger partial charge in [0.05, 0.1) is 46.4 Å². The first-order valence-electron chi connectivity index (χ1n) is 7.25. The maximum absolute atomic E-state index is 12.4. The molecule has 0 spiro atoms. The Balaban J connectivity index is 3.60. The molecule has 0 aromatic heterocycles. The van der Waals surface area contributed by atoms with Crippen LogP contribution in [-0.4, -0.2) is 59.0 Å². The van der Waals surface area contributed by atoms with E-state index in [0.717, 1.165) is 33.3 Å². The largest absolute Gasteiger partial charge is 0.468 e. The van der Waals surface area contributed by atoms with Crippen LogP contribution in [0.4, 0.5) is 16.2 Å². The van der Waals surface area contributed by atoms with Gasteiger partial charge in [-0.15, -0.1) is 0 Å². The highest BCUT2D eigenvalue weighted by atomic mass is 16.6. The van der Waals surface area contributed by atoms with E-state index in [2.05, 4.69) is 18.9 Å². The number of rotatable bonds is 6. The SMILES string of the molecule is COC(=O)N(CC(C(=O)OC)(C(=O)OC)C(=O)OC)c1ccccc1N. The predicted octanol–water partition coefficient (Wildman–Crippen LogP) is 0.347. The fourth-order valence-corrected chi connectivity index (χ4v) is 2.30. The average Bonchev–Trinajstić information content (AvgIpc) is 2.67. The third-order valence-corrected chi connectivity index (χ3v) is 3.62. The first kappa shape index (κ1) is 20.7. The standard InChI is InChI=1S/C16H20N2O8/c1-23-12(19)16(13(20)24-2,14(21)25-3)9-18(15(22)26-4)11-8-6-5-7-10(11)17/h5-8H,9,17H2,1-4H3.